The average molecular weight is 594 g/mol. The molecule has 0 fully saturated rings. The molecule has 0 saturated carbocycles. The third-order valence-corrected chi connectivity index (χ3v) is 7.55. The van der Waals surface area contributed by atoms with Gasteiger partial charge in [-0.15, -0.1) is 15.3 Å². The van der Waals surface area contributed by atoms with E-state index in [-0.39, 0.29) is 0 Å². The van der Waals surface area contributed by atoms with E-state index >= 15 is 0 Å². The normalized spacial score (nSPS) is 11.1. The zero-order valence-corrected chi connectivity index (χ0v) is 24.1. The molecule has 0 aliphatic heterocycles. The van der Waals surface area contributed by atoms with E-state index in [9.17, 15) is 4.79 Å². The Morgan fingerprint density at radius 1 is 0.698 bits per heavy atom. The van der Waals surface area contributed by atoms with Crippen LogP contribution < -0.4 is 9.57 Å². The highest BCUT2D eigenvalue weighted by molar-refractivity contribution is 7.17. The first-order chi connectivity index (χ1) is 21.2. The van der Waals surface area contributed by atoms with E-state index in [4.69, 9.17) is 19.0 Å². The lowest BCUT2D eigenvalue weighted by molar-refractivity contribution is 0.0409. The third-order valence-electron chi connectivity index (χ3n) is 6.53. The minimum absolute atomic E-state index is 0.384. The van der Waals surface area contributed by atoms with Crippen LogP contribution in [-0.2, 0) is 9.47 Å². The zero-order chi connectivity index (χ0) is 29.4. The first kappa shape index (κ1) is 28.2. The molecule has 0 radical (unpaired) electrons. The van der Waals surface area contributed by atoms with E-state index in [1.165, 1.54) is 11.3 Å². The number of hydrogen-bond acceptors (Lipinski definition) is 10. The van der Waals surface area contributed by atoms with Crippen molar-refractivity contribution in [1.82, 2.24) is 25.4 Å². The number of carbonyl (C=O) groups excluding carboxylic acids is 1. The molecular formula is C32H27N5O5S. The Labute approximate surface area is 251 Å². The summed E-state index contributed by atoms with van der Waals surface area (Å²) in [6.45, 7) is 2.14. The maximum atomic E-state index is 12.7. The van der Waals surface area contributed by atoms with E-state index < -0.39 is 5.97 Å². The fraction of sp³-hybridized carbons (Fsp3) is 0.156. The number of carbonyl (C=O) groups is 1. The molecule has 0 aliphatic rings. The van der Waals surface area contributed by atoms with E-state index in [0.29, 0.717) is 43.0 Å². The minimum atomic E-state index is -0.536. The van der Waals surface area contributed by atoms with Crippen molar-refractivity contribution in [2.45, 2.75) is 0 Å². The molecule has 0 N–H and O–H groups in total. The SMILES string of the molecule is COCCOCCOc1ccc(-c2ccc(-c3nnc(-c4ccc(C(=O)On5nnc6ccccc65)cc4)s3)cc2)cc1. The summed E-state index contributed by atoms with van der Waals surface area (Å²) >= 11 is 1.48. The third kappa shape index (κ3) is 6.75. The summed E-state index contributed by atoms with van der Waals surface area (Å²) in [6.07, 6.45) is 0. The highest BCUT2D eigenvalue weighted by Crippen LogP contribution is 2.32. The molecule has 2 aromatic heterocycles. The van der Waals surface area contributed by atoms with Crippen LogP contribution in [0.25, 0.3) is 43.3 Å². The van der Waals surface area contributed by atoms with Gasteiger partial charge in [0.05, 0.1) is 25.4 Å². The van der Waals surface area contributed by atoms with Crippen molar-refractivity contribution in [3.8, 4) is 38.0 Å². The van der Waals surface area contributed by atoms with Gasteiger partial charge in [-0.25, -0.2) is 4.79 Å². The smallest absolute Gasteiger partial charge is 0.365 e. The molecule has 0 spiro atoms. The molecule has 43 heavy (non-hydrogen) atoms. The van der Waals surface area contributed by atoms with Gasteiger partial charge in [0.25, 0.3) is 0 Å². The summed E-state index contributed by atoms with van der Waals surface area (Å²) in [6, 6.07) is 30.5. The molecule has 4 aromatic carbocycles. The summed E-state index contributed by atoms with van der Waals surface area (Å²) in [7, 11) is 1.65. The molecule has 6 rings (SSSR count). The highest BCUT2D eigenvalue weighted by atomic mass is 32.1. The van der Waals surface area contributed by atoms with Crippen molar-refractivity contribution >= 4 is 28.3 Å². The number of hydrogen-bond donors (Lipinski definition) is 0. The van der Waals surface area contributed by atoms with Gasteiger partial charge in [-0.1, -0.05) is 76.8 Å². The van der Waals surface area contributed by atoms with Crippen molar-refractivity contribution in [3.63, 3.8) is 0 Å². The van der Waals surface area contributed by atoms with Crippen LogP contribution in [0.5, 0.6) is 5.75 Å². The molecule has 0 aliphatic carbocycles. The second kappa shape index (κ2) is 13.3. The number of nitrogens with zero attached hydrogens (tertiary/aromatic N) is 5. The van der Waals surface area contributed by atoms with Gasteiger partial charge in [0, 0.05) is 18.2 Å². The number of rotatable bonds is 12. The van der Waals surface area contributed by atoms with Gasteiger partial charge in [0.2, 0.25) is 0 Å². The molecule has 0 saturated heterocycles. The standard InChI is InChI=1S/C32H27N5O5S/c1-39-18-19-40-20-21-41-27-16-14-23(15-17-27)22-6-8-24(9-7-22)30-34-35-31(43-30)25-10-12-26(13-11-25)32(38)42-37-29-5-3-2-4-28(29)33-36-37/h2-17H,18-21H2,1H3. The summed E-state index contributed by atoms with van der Waals surface area (Å²) in [5, 5.41) is 18.2. The van der Waals surface area contributed by atoms with E-state index in [1.807, 2.05) is 60.7 Å². The Kier molecular flexibility index (Phi) is 8.74. The first-order valence-corrected chi connectivity index (χ1v) is 14.4. The van der Waals surface area contributed by atoms with Gasteiger partial charge in [-0.3, -0.25) is 0 Å². The van der Waals surface area contributed by atoms with Gasteiger partial charge in [-0.2, -0.15) is 0 Å². The molecule has 6 aromatic rings. The Morgan fingerprint density at radius 3 is 2.00 bits per heavy atom. The van der Waals surface area contributed by atoms with Crippen LogP contribution >= 0.6 is 11.3 Å². The lowest BCUT2D eigenvalue weighted by Crippen LogP contribution is -2.20. The van der Waals surface area contributed by atoms with Crippen LogP contribution in [0.1, 0.15) is 10.4 Å². The van der Waals surface area contributed by atoms with Gasteiger partial charge < -0.3 is 19.0 Å². The molecule has 0 unspecified atom stereocenters. The van der Waals surface area contributed by atoms with Crippen molar-refractivity contribution in [3.05, 3.63) is 103 Å². The average Bonchev–Trinajstić information content (AvgIpc) is 3.71. The van der Waals surface area contributed by atoms with Gasteiger partial charge in [0.15, 0.2) is 0 Å². The fourth-order valence-corrected chi connectivity index (χ4v) is 5.12. The van der Waals surface area contributed by atoms with Crippen molar-refractivity contribution < 1.29 is 23.8 Å². The van der Waals surface area contributed by atoms with Crippen molar-refractivity contribution in [2.75, 3.05) is 33.5 Å². The van der Waals surface area contributed by atoms with Crippen LogP contribution in [0.2, 0.25) is 0 Å². The van der Waals surface area contributed by atoms with Crippen molar-refractivity contribution in [1.29, 1.82) is 0 Å². The van der Waals surface area contributed by atoms with Crippen LogP contribution in [0.15, 0.2) is 97.1 Å². The lowest BCUT2D eigenvalue weighted by Gasteiger charge is -2.08. The minimum Gasteiger partial charge on any atom is -0.491 e. The van der Waals surface area contributed by atoms with Crippen LogP contribution in [0, 0.1) is 0 Å². The maximum absolute atomic E-state index is 12.7. The second-order valence-corrected chi connectivity index (χ2v) is 10.4. The van der Waals surface area contributed by atoms with Gasteiger partial charge in [0.1, 0.15) is 33.4 Å². The molecule has 10 nitrogen and oxygen atoms in total. The van der Waals surface area contributed by atoms with Gasteiger partial charge >= 0.3 is 5.97 Å². The summed E-state index contributed by atoms with van der Waals surface area (Å²) in [5.74, 6) is 0.261. The number of fused-ring (bicyclic) bond motifs is 1. The van der Waals surface area contributed by atoms with E-state index in [0.717, 1.165) is 42.9 Å². The molecule has 0 amide bonds. The Balaban J connectivity index is 1.06. The predicted molar refractivity (Wildman–Crippen MR) is 163 cm³/mol. The quantitative estimate of drug-likeness (QED) is 0.132. The highest BCUT2D eigenvalue weighted by Gasteiger charge is 2.14. The molecule has 0 bridgehead atoms. The molecule has 2 heterocycles. The van der Waals surface area contributed by atoms with E-state index in [1.54, 1.807) is 31.4 Å². The number of para-hydroxylation sites is 1. The monoisotopic (exact) mass is 593 g/mol. The Morgan fingerprint density at radius 2 is 1.30 bits per heavy atom. The molecule has 216 valence electrons. The summed E-state index contributed by atoms with van der Waals surface area (Å²) in [4.78, 5) is 19.2. The lowest BCUT2D eigenvalue weighted by atomic mass is 10.0. The summed E-state index contributed by atoms with van der Waals surface area (Å²) in [5.41, 5.74) is 5.64. The Bertz CT molecular complexity index is 1800. The molecule has 11 heteroatoms. The van der Waals surface area contributed by atoms with E-state index in [2.05, 4.69) is 32.6 Å². The predicted octanol–water partition coefficient (Wildman–Crippen LogP) is 5.59. The number of methoxy groups -OCH3 is 1. The first-order valence-electron chi connectivity index (χ1n) is 13.6. The second-order valence-electron chi connectivity index (χ2n) is 9.37. The largest absolute Gasteiger partial charge is 0.491 e. The number of benzene rings is 4. The van der Waals surface area contributed by atoms with Gasteiger partial charge in [-0.05, 0) is 52.7 Å². The molecule has 0 atom stereocenters. The topological polar surface area (TPSA) is 110 Å². The number of aromatic nitrogens is 5. The zero-order valence-electron chi connectivity index (χ0n) is 23.3. The van der Waals surface area contributed by atoms with Crippen molar-refractivity contribution in [2.24, 2.45) is 0 Å². The number of ether oxygens (including phenoxy) is 3. The Hall–Kier alpha value is -4.97. The summed E-state index contributed by atoms with van der Waals surface area (Å²) < 4.78 is 16.1. The maximum Gasteiger partial charge on any atom is 0.365 e. The molecular weight excluding hydrogens is 566 g/mol. The van der Waals surface area contributed by atoms with Crippen LogP contribution in [0.4, 0.5) is 0 Å². The fourth-order valence-electron chi connectivity index (χ4n) is 4.26. The van der Waals surface area contributed by atoms with Crippen LogP contribution in [-0.4, -0.2) is 64.9 Å². The van der Waals surface area contributed by atoms with Crippen LogP contribution in [0.3, 0.4) is 0 Å².